The minimum absolute atomic E-state index is 0.171. The van der Waals surface area contributed by atoms with E-state index < -0.39 is 0 Å². The zero-order valence-corrected chi connectivity index (χ0v) is 12.3. The Bertz CT molecular complexity index is 854. The second kappa shape index (κ2) is 4.01. The summed E-state index contributed by atoms with van der Waals surface area (Å²) in [5.41, 5.74) is 5.03. The number of fused-ring (bicyclic) bond motifs is 3. The second-order valence-corrected chi connectivity index (χ2v) is 5.96. The molecule has 104 valence electrons. The van der Waals surface area contributed by atoms with E-state index in [0.29, 0.717) is 0 Å². The molecule has 0 atom stereocenters. The Morgan fingerprint density at radius 3 is 2.67 bits per heavy atom. The maximum absolute atomic E-state index is 4.85. The van der Waals surface area contributed by atoms with Gasteiger partial charge in [-0.25, -0.2) is 9.97 Å². The van der Waals surface area contributed by atoms with Crippen LogP contribution in [0.15, 0.2) is 42.7 Å². The first kappa shape index (κ1) is 12.3. The van der Waals surface area contributed by atoms with Gasteiger partial charge in [0.25, 0.3) is 0 Å². The van der Waals surface area contributed by atoms with Gasteiger partial charge in [-0.2, -0.15) is 0 Å². The highest BCUT2D eigenvalue weighted by Gasteiger charge is 2.37. The summed E-state index contributed by atoms with van der Waals surface area (Å²) in [6.45, 7) is 4.41. The largest absolute Gasteiger partial charge is 0.328 e. The first-order chi connectivity index (χ1) is 10.1. The predicted octanol–water partition coefficient (Wildman–Crippen LogP) is 3.43. The fraction of sp³-hybridized carbons (Fsp3) is 0.235. The highest BCUT2D eigenvalue weighted by molar-refractivity contribution is 5.81. The van der Waals surface area contributed by atoms with Gasteiger partial charge in [0.05, 0.1) is 17.4 Å². The van der Waals surface area contributed by atoms with E-state index in [1.54, 1.807) is 12.4 Å². The lowest BCUT2D eigenvalue weighted by Crippen LogP contribution is -2.32. The molecule has 4 rings (SSSR count). The molecule has 3 aromatic rings. The average Bonchev–Trinajstić information content (AvgIpc) is 2.52. The molecule has 1 aliphatic rings. The Morgan fingerprint density at radius 1 is 1.00 bits per heavy atom. The molecule has 1 aromatic carbocycles. The summed E-state index contributed by atoms with van der Waals surface area (Å²) >= 11 is 0. The Morgan fingerprint density at radius 2 is 1.81 bits per heavy atom. The van der Waals surface area contributed by atoms with E-state index in [4.69, 9.17) is 9.97 Å². The van der Waals surface area contributed by atoms with Crippen LogP contribution < -0.4 is 4.90 Å². The van der Waals surface area contributed by atoms with E-state index >= 15 is 0 Å². The summed E-state index contributed by atoms with van der Waals surface area (Å²) in [6, 6.07) is 10.4. The van der Waals surface area contributed by atoms with Gasteiger partial charge < -0.3 is 4.90 Å². The van der Waals surface area contributed by atoms with Gasteiger partial charge in [-0.1, -0.05) is 18.2 Å². The van der Waals surface area contributed by atoms with Crippen LogP contribution in [0.5, 0.6) is 0 Å². The summed E-state index contributed by atoms with van der Waals surface area (Å²) in [7, 11) is 2.05. The number of rotatable bonds is 0. The van der Waals surface area contributed by atoms with Crippen LogP contribution in [-0.2, 0) is 5.41 Å². The fourth-order valence-electron chi connectivity index (χ4n) is 3.09. The second-order valence-electron chi connectivity index (χ2n) is 5.96. The summed E-state index contributed by atoms with van der Waals surface area (Å²) in [6.07, 6.45) is 3.53. The minimum Gasteiger partial charge on any atom is -0.328 e. The van der Waals surface area contributed by atoms with Crippen LogP contribution in [-0.4, -0.2) is 22.0 Å². The number of nitrogens with zero attached hydrogens (tertiary/aromatic N) is 4. The third-order valence-corrected chi connectivity index (χ3v) is 4.30. The van der Waals surface area contributed by atoms with Crippen molar-refractivity contribution in [1.82, 2.24) is 15.0 Å². The molecule has 3 heterocycles. The van der Waals surface area contributed by atoms with Crippen molar-refractivity contribution in [3.8, 4) is 0 Å². The molecule has 0 bridgehead atoms. The Hall–Kier alpha value is -2.49. The lowest BCUT2D eigenvalue weighted by Gasteiger charge is -2.38. The van der Waals surface area contributed by atoms with Crippen LogP contribution in [0.25, 0.3) is 11.0 Å². The van der Waals surface area contributed by atoms with Gasteiger partial charge in [0.2, 0.25) is 0 Å². The molecule has 21 heavy (non-hydrogen) atoms. The Balaban J connectivity index is 2.08. The van der Waals surface area contributed by atoms with Crippen LogP contribution in [0.1, 0.15) is 25.1 Å². The van der Waals surface area contributed by atoms with E-state index in [0.717, 1.165) is 22.5 Å². The van der Waals surface area contributed by atoms with E-state index in [-0.39, 0.29) is 5.41 Å². The monoisotopic (exact) mass is 276 g/mol. The average molecular weight is 276 g/mol. The smallest absolute Gasteiger partial charge is 0.156 e. The zero-order valence-electron chi connectivity index (χ0n) is 12.3. The molecule has 0 unspecified atom stereocenters. The summed E-state index contributed by atoms with van der Waals surface area (Å²) in [5.74, 6) is 0.928. The van der Waals surface area contributed by atoms with Crippen molar-refractivity contribution in [3.63, 3.8) is 0 Å². The Labute approximate surface area is 123 Å². The topological polar surface area (TPSA) is 41.9 Å². The third kappa shape index (κ3) is 1.59. The van der Waals surface area contributed by atoms with Crippen molar-refractivity contribution in [2.75, 3.05) is 11.9 Å². The van der Waals surface area contributed by atoms with Gasteiger partial charge in [-0.3, -0.25) is 4.98 Å². The highest BCUT2D eigenvalue weighted by Crippen LogP contribution is 2.46. The quantitative estimate of drug-likeness (QED) is 0.631. The van der Waals surface area contributed by atoms with Crippen LogP contribution in [0.2, 0.25) is 0 Å². The number of hydrogen-bond acceptors (Lipinski definition) is 4. The predicted molar refractivity (Wildman–Crippen MR) is 84.0 cm³/mol. The van der Waals surface area contributed by atoms with Gasteiger partial charge in [0.15, 0.2) is 5.82 Å². The van der Waals surface area contributed by atoms with Crippen LogP contribution in [0.4, 0.5) is 11.5 Å². The number of para-hydroxylation sites is 1. The summed E-state index contributed by atoms with van der Waals surface area (Å²) < 4.78 is 0. The van der Waals surface area contributed by atoms with Gasteiger partial charge in [0.1, 0.15) is 5.52 Å². The van der Waals surface area contributed by atoms with Crippen molar-refractivity contribution in [1.29, 1.82) is 0 Å². The van der Waals surface area contributed by atoms with E-state index in [1.807, 2.05) is 6.07 Å². The molecule has 0 spiro atoms. The van der Waals surface area contributed by atoms with E-state index in [1.165, 1.54) is 11.3 Å². The minimum atomic E-state index is -0.171. The fourth-order valence-corrected chi connectivity index (χ4v) is 3.09. The molecular formula is C17H16N4. The molecule has 0 fully saturated rings. The number of anilines is 2. The van der Waals surface area contributed by atoms with Gasteiger partial charge in [0, 0.05) is 24.3 Å². The van der Waals surface area contributed by atoms with Crippen molar-refractivity contribution >= 4 is 22.5 Å². The summed E-state index contributed by atoms with van der Waals surface area (Å²) in [4.78, 5) is 16.0. The number of aromatic nitrogens is 3. The molecule has 4 nitrogen and oxygen atoms in total. The van der Waals surface area contributed by atoms with Crippen LogP contribution >= 0.6 is 0 Å². The molecule has 4 heteroatoms. The molecular weight excluding hydrogens is 260 g/mol. The van der Waals surface area contributed by atoms with E-state index in [2.05, 4.69) is 55.0 Å². The number of benzene rings is 1. The molecule has 0 amide bonds. The molecule has 0 saturated heterocycles. The SMILES string of the molecule is CN1c2ccccc2C(C)(C)c2nc3cnccc3nc21. The maximum Gasteiger partial charge on any atom is 0.156 e. The van der Waals surface area contributed by atoms with Gasteiger partial charge in [-0.15, -0.1) is 0 Å². The van der Waals surface area contributed by atoms with Crippen LogP contribution in [0, 0.1) is 0 Å². The number of pyridine rings is 1. The molecule has 0 saturated carbocycles. The zero-order chi connectivity index (χ0) is 14.6. The normalized spacial score (nSPS) is 15.7. The lowest BCUT2D eigenvalue weighted by atomic mass is 9.77. The maximum atomic E-state index is 4.85. The molecule has 0 N–H and O–H groups in total. The lowest BCUT2D eigenvalue weighted by molar-refractivity contribution is 0.604. The Kier molecular flexibility index (Phi) is 2.34. The first-order valence-corrected chi connectivity index (χ1v) is 7.04. The van der Waals surface area contributed by atoms with Crippen molar-refractivity contribution in [2.45, 2.75) is 19.3 Å². The summed E-state index contributed by atoms with van der Waals surface area (Å²) in [5, 5.41) is 0. The molecule has 1 aliphatic heterocycles. The van der Waals surface area contributed by atoms with Gasteiger partial charge >= 0.3 is 0 Å². The third-order valence-electron chi connectivity index (χ3n) is 4.30. The first-order valence-electron chi connectivity index (χ1n) is 7.04. The van der Waals surface area contributed by atoms with Crippen molar-refractivity contribution in [3.05, 3.63) is 54.0 Å². The molecule has 0 radical (unpaired) electrons. The van der Waals surface area contributed by atoms with Gasteiger partial charge in [-0.05, 0) is 31.5 Å². The molecule has 0 aliphatic carbocycles. The van der Waals surface area contributed by atoms with Crippen molar-refractivity contribution in [2.24, 2.45) is 0 Å². The highest BCUT2D eigenvalue weighted by atomic mass is 15.2. The standard InChI is InChI=1S/C17H16N4/c1-17(2)11-6-4-5-7-14(11)21(3)16-15(17)19-13-10-18-9-8-12(13)20-16/h4-10H,1-3H3. The number of hydrogen-bond donors (Lipinski definition) is 0. The van der Waals surface area contributed by atoms with Crippen LogP contribution in [0.3, 0.4) is 0 Å². The molecule has 2 aromatic heterocycles. The van der Waals surface area contributed by atoms with E-state index in [9.17, 15) is 0 Å². The van der Waals surface area contributed by atoms with Crippen molar-refractivity contribution < 1.29 is 0 Å².